The van der Waals surface area contributed by atoms with E-state index >= 15 is 0 Å². The summed E-state index contributed by atoms with van der Waals surface area (Å²) in [6.07, 6.45) is 8.12. The zero-order valence-corrected chi connectivity index (χ0v) is 10.4. The monoisotopic (exact) mass is 217 g/mol. The summed E-state index contributed by atoms with van der Waals surface area (Å²) in [6, 6.07) is 11.1. The molecule has 0 fully saturated rings. The Bertz CT molecular complexity index is 290. The van der Waals surface area contributed by atoms with Crippen LogP contribution in [-0.4, -0.2) is 12.6 Å². The summed E-state index contributed by atoms with van der Waals surface area (Å²) in [5.74, 6) is 0. The maximum absolute atomic E-state index is 3.55. The van der Waals surface area contributed by atoms with Gasteiger partial charge in [0.2, 0.25) is 0 Å². The SMILES string of the molecule is CCCC(CC)NCC=Cc1ccccc1. The van der Waals surface area contributed by atoms with Gasteiger partial charge in [0.05, 0.1) is 0 Å². The molecule has 1 heteroatoms. The van der Waals surface area contributed by atoms with Crippen LogP contribution in [0.1, 0.15) is 38.7 Å². The Balaban J connectivity index is 2.26. The second kappa shape index (κ2) is 8.12. The summed E-state index contributed by atoms with van der Waals surface area (Å²) in [7, 11) is 0. The molecule has 0 heterocycles. The fourth-order valence-electron chi connectivity index (χ4n) is 1.79. The van der Waals surface area contributed by atoms with Crippen LogP contribution in [0.2, 0.25) is 0 Å². The highest BCUT2D eigenvalue weighted by atomic mass is 14.9. The van der Waals surface area contributed by atoms with E-state index in [9.17, 15) is 0 Å². The molecule has 0 aliphatic heterocycles. The predicted molar refractivity (Wildman–Crippen MR) is 72.5 cm³/mol. The van der Waals surface area contributed by atoms with Crippen LogP contribution in [0.3, 0.4) is 0 Å². The van der Waals surface area contributed by atoms with E-state index in [1.807, 2.05) is 6.07 Å². The molecule has 0 spiro atoms. The second-order valence-corrected chi connectivity index (χ2v) is 4.12. The lowest BCUT2D eigenvalue weighted by molar-refractivity contribution is 0.485. The van der Waals surface area contributed by atoms with Crippen LogP contribution in [0.15, 0.2) is 36.4 Å². The van der Waals surface area contributed by atoms with Crippen LogP contribution in [0.25, 0.3) is 6.08 Å². The van der Waals surface area contributed by atoms with E-state index in [2.05, 4.69) is 55.6 Å². The molecule has 1 aromatic rings. The molecule has 0 aromatic heterocycles. The summed E-state index contributed by atoms with van der Waals surface area (Å²) >= 11 is 0. The van der Waals surface area contributed by atoms with Crippen LogP contribution in [-0.2, 0) is 0 Å². The average Bonchev–Trinajstić information content (AvgIpc) is 2.34. The summed E-state index contributed by atoms with van der Waals surface area (Å²) in [5.41, 5.74) is 1.27. The molecule has 1 N–H and O–H groups in total. The van der Waals surface area contributed by atoms with Gasteiger partial charge in [-0.05, 0) is 18.4 Å². The maximum atomic E-state index is 3.55. The molecule has 0 bridgehead atoms. The van der Waals surface area contributed by atoms with Crippen molar-refractivity contribution < 1.29 is 0 Å². The predicted octanol–water partition coefficient (Wildman–Crippen LogP) is 3.87. The lowest BCUT2D eigenvalue weighted by Gasteiger charge is -2.14. The van der Waals surface area contributed by atoms with Crippen molar-refractivity contribution in [2.75, 3.05) is 6.54 Å². The van der Waals surface area contributed by atoms with E-state index in [1.165, 1.54) is 24.8 Å². The minimum atomic E-state index is 0.672. The third-order valence-corrected chi connectivity index (χ3v) is 2.76. The largest absolute Gasteiger partial charge is 0.311 e. The third-order valence-electron chi connectivity index (χ3n) is 2.76. The van der Waals surface area contributed by atoms with Crippen LogP contribution in [0.4, 0.5) is 0 Å². The molecule has 1 unspecified atom stereocenters. The summed E-state index contributed by atoms with van der Waals surface area (Å²) < 4.78 is 0. The van der Waals surface area contributed by atoms with Gasteiger partial charge in [0.25, 0.3) is 0 Å². The van der Waals surface area contributed by atoms with Gasteiger partial charge < -0.3 is 5.32 Å². The Morgan fingerprint density at radius 3 is 2.56 bits per heavy atom. The third kappa shape index (κ3) is 5.13. The molecule has 1 nitrogen and oxygen atoms in total. The van der Waals surface area contributed by atoms with Crippen LogP contribution >= 0.6 is 0 Å². The number of hydrogen-bond acceptors (Lipinski definition) is 1. The molecule has 1 rings (SSSR count). The molecule has 88 valence electrons. The standard InChI is InChI=1S/C15H23N/c1-3-9-15(4-2)16-13-8-12-14-10-6-5-7-11-14/h5-8,10-12,15-16H,3-4,9,13H2,1-2H3. The van der Waals surface area contributed by atoms with E-state index in [0.717, 1.165) is 6.54 Å². The van der Waals surface area contributed by atoms with E-state index in [0.29, 0.717) is 6.04 Å². The van der Waals surface area contributed by atoms with Crippen molar-refractivity contribution in [3.63, 3.8) is 0 Å². The first-order valence-electron chi connectivity index (χ1n) is 6.31. The van der Waals surface area contributed by atoms with Gasteiger partial charge >= 0.3 is 0 Å². The fraction of sp³-hybridized carbons (Fsp3) is 0.467. The Morgan fingerprint density at radius 2 is 1.94 bits per heavy atom. The molecular formula is C15H23N. The normalized spacial score (nSPS) is 13.1. The van der Waals surface area contributed by atoms with Gasteiger partial charge in [-0.2, -0.15) is 0 Å². The highest BCUT2D eigenvalue weighted by Crippen LogP contribution is 2.02. The molecule has 0 saturated carbocycles. The molecule has 0 aliphatic carbocycles. The summed E-state index contributed by atoms with van der Waals surface area (Å²) in [5, 5.41) is 3.55. The van der Waals surface area contributed by atoms with Crippen LogP contribution in [0, 0.1) is 0 Å². The van der Waals surface area contributed by atoms with Crippen LogP contribution < -0.4 is 5.32 Å². The van der Waals surface area contributed by atoms with Crippen molar-refractivity contribution >= 4 is 6.08 Å². The van der Waals surface area contributed by atoms with E-state index < -0.39 is 0 Å². The van der Waals surface area contributed by atoms with Gasteiger partial charge in [0.1, 0.15) is 0 Å². The van der Waals surface area contributed by atoms with Crippen molar-refractivity contribution in [2.45, 2.75) is 39.2 Å². The Hall–Kier alpha value is -1.08. The lowest BCUT2D eigenvalue weighted by Crippen LogP contribution is -2.28. The first-order valence-corrected chi connectivity index (χ1v) is 6.31. The van der Waals surface area contributed by atoms with Gasteiger partial charge in [-0.3, -0.25) is 0 Å². The first-order chi connectivity index (χ1) is 7.86. The van der Waals surface area contributed by atoms with Gasteiger partial charge in [-0.15, -0.1) is 0 Å². The second-order valence-electron chi connectivity index (χ2n) is 4.12. The van der Waals surface area contributed by atoms with Crippen molar-refractivity contribution in [3.05, 3.63) is 42.0 Å². The Labute approximate surface area is 99.6 Å². The maximum Gasteiger partial charge on any atom is 0.0140 e. The zero-order chi connectivity index (χ0) is 11.6. The molecular weight excluding hydrogens is 194 g/mol. The van der Waals surface area contributed by atoms with Crippen molar-refractivity contribution in [1.29, 1.82) is 0 Å². The van der Waals surface area contributed by atoms with Crippen molar-refractivity contribution in [1.82, 2.24) is 5.32 Å². The van der Waals surface area contributed by atoms with Gasteiger partial charge in [-0.1, -0.05) is 62.8 Å². The molecule has 1 atom stereocenters. The lowest BCUT2D eigenvalue weighted by atomic mass is 10.1. The molecule has 0 saturated heterocycles. The molecule has 0 amide bonds. The van der Waals surface area contributed by atoms with Crippen molar-refractivity contribution in [3.8, 4) is 0 Å². The minimum Gasteiger partial charge on any atom is -0.311 e. The minimum absolute atomic E-state index is 0.672. The molecule has 16 heavy (non-hydrogen) atoms. The fourth-order valence-corrected chi connectivity index (χ4v) is 1.79. The molecule has 0 aliphatic rings. The van der Waals surface area contributed by atoms with Gasteiger partial charge in [0, 0.05) is 12.6 Å². The highest BCUT2D eigenvalue weighted by molar-refractivity contribution is 5.48. The van der Waals surface area contributed by atoms with Gasteiger partial charge in [0.15, 0.2) is 0 Å². The summed E-state index contributed by atoms with van der Waals surface area (Å²) in [4.78, 5) is 0. The number of hydrogen-bond donors (Lipinski definition) is 1. The highest BCUT2D eigenvalue weighted by Gasteiger charge is 2.00. The van der Waals surface area contributed by atoms with E-state index in [1.54, 1.807) is 0 Å². The smallest absolute Gasteiger partial charge is 0.0140 e. The number of benzene rings is 1. The van der Waals surface area contributed by atoms with E-state index in [-0.39, 0.29) is 0 Å². The van der Waals surface area contributed by atoms with Crippen LogP contribution in [0.5, 0.6) is 0 Å². The topological polar surface area (TPSA) is 12.0 Å². The Morgan fingerprint density at radius 1 is 1.19 bits per heavy atom. The quantitative estimate of drug-likeness (QED) is 0.731. The average molecular weight is 217 g/mol. The number of nitrogens with one attached hydrogen (secondary N) is 1. The van der Waals surface area contributed by atoms with Crippen molar-refractivity contribution in [2.24, 2.45) is 0 Å². The Kier molecular flexibility index (Phi) is 6.59. The first kappa shape index (κ1) is 13.0. The van der Waals surface area contributed by atoms with Gasteiger partial charge in [-0.25, -0.2) is 0 Å². The molecule has 1 aromatic carbocycles. The zero-order valence-electron chi connectivity index (χ0n) is 10.4. The number of rotatable bonds is 7. The summed E-state index contributed by atoms with van der Waals surface area (Å²) in [6.45, 7) is 5.45. The molecule has 0 radical (unpaired) electrons. The van der Waals surface area contributed by atoms with E-state index in [4.69, 9.17) is 0 Å².